The quantitative estimate of drug-likeness (QED) is 0.641. The Labute approximate surface area is 179 Å². The van der Waals surface area contributed by atoms with Crippen LogP contribution in [0.2, 0.25) is 0 Å². The lowest BCUT2D eigenvalue weighted by Gasteiger charge is -2.33. The van der Waals surface area contributed by atoms with E-state index < -0.39 is 0 Å². The molecule has 0 spiro atoms. The lowest BCUT2D eigenvalue weighted by atomic mass is 10.2. The van der Waals surface area contributed by atoms with Crippen LogP contribution in [0.1, 0.15) is 17.5 Å². The minimum absolute atomic E-state index is 0.0283. The van der Waals surface area contributed by atoms with Crippen molar-refractivity contribution in [1.82, 2.24) is 14.8 Å². The molecule has 1 saturated heterocycles. The smallest absolute Gasteiger partial charge is 0.246 e. The zero-order valence-electron chi connectivity index (χ0n) is 16.9. The third-order valence-corrected chi connectivity index (χ3v) is 6.05. The number of piperazine rings is 1. The number of hydrogen-bond donors (Lipinski definition) is 1. The number of rotatable bonds is 5. The van der Waals surface area contributed by atoms with Crippen LogP contribution in [0.3, 0.4) is 0 Å². The zero-order valence-corrected chi connectivity index (χ0v) is 17.7. The van der Waals surface area contributed by atoms with Gasteiger partial charge in [-0.3, -0.25) is 14.5 Å². The van der Waals surface area contributed by atoms with E-state index in [1.54, 1.807) is 17.4 Å². The Morgan fingerprint density at radius 1 is 1.07 bits per heavy atom. The molecule has 1 aromatic heterocycles. The van der Waals surface area contributed by atoms with Crippen LogP contribution in [0.5, 0.6) is 0 Å². The normalized spacial score (nSPS) is 15.0. The highest BCUT2D eigenvalue weighted by Gasteiger charge is 2.20. The fourth-order valence-corrected chi connectivity index (χ4v) is 4.47. The summed E-state index contributed by atoms with van der Waals surface area (Å²) in [6.45, 7) is 5.44. The van der Waals surface area contributed by atoms with E-state index in [2.05, 4.69) is 16.3 Å². The Hall–Kier alpha value is -3.03. The van der Waals surface area contributed by atoms with Gasteiger partial charge in [0.15, 0.2) is 0 Å². The van der Waals surface area contributed by atoms with Crippen molar-refractivity contribution in [2.24, 2.45) is 0 Å². The van der Waals surface area contributed by atoms with Gasteiger partial charge in [0.25, 0.3) is 0 Å². The topological polar surface area (TPSA) is 65.5 Å². The van der Waals surface area contributed by atoms with Gasteiger partial charge in [-0.25, -0.2) is 4.98 Å². The van der Waals surface area contributed by atoms with Crippen molar-refractivity contribution < 1.29 is 9.59 Å². The summed E-state index contributed by atoms with van der Waals surface area (Å²) in [7, 11) is 0. The van der Waals surface area contributed by atoms with Gasteiger partial charge in [0, 0.05) is 44.9 Å². The van der Waals surface area contributed by atoms with Gasteiger partial charge >= 0.3 is 0 Å². The van der Waals surface area contributed by atoms with E-state index in [0.717, 1.165) is 54.5 Å². The van der Waals surface area contributed by atoms with Crippen molar-refractivity contribution in [3.63, 3.8) is 0 Å². The molecular formula is C23H24N4O2S. The molecular weight excluding hydrogens is 396 g/mol. The fourth-order valence-electron chi connectivity index (χ4n) is 3.46. The first kappa shape index (κ1) is 20.3. The van der Waals surface area contributed by atoms with Crippen molar-refractivity contribution in [2.45, 2.75) is 13.5 Å². The number of nitrogens with zero attached hydrogens (tertiary/aromatic N) is 3. The maximum atomic E-state index is 12.5. The van der Waals surface area contributed by atoms with Gasteiger partial charge in [0.2, 0.25) is 11.8 Å². The molecule has 0 radical (unpaired) electrons. The van der Waals surface area contributed by atoms with E-state index in [0.29, 0.717) is 0 Å². The lowest BCUT2D eigenvalue weighted by molar-refractivity contribution is -0.127. The summed E-state index contributed by atoms with van der Waals surface area (Å²) in [5, 5.41) is 3.85. The molecule has 1 aliphatic heterocycles. The van der Waals surface area contributed by atoms with Crippen molar-refractivity contribution >= 4 is 45.1 Å². The Kier molecular flexibility index (Phi) is 6.21. The molecule has 2 amide bonds. The number of amides is 2. The van der Waals surface area contributed by atoms with E-state index in [1.165, 1.54) is 11.6 Å². The predicted octanol–water partition coefficient (Wildman–Crippen LogP) is 3.61. The minimum Gasteiger partial charge on any atom is -0.337 e. The average molecular weight is 421 g/mol. The monoisotopic (exact) mass is 420 g/mol. The van der Waals surface area contributed by atoms with Crippen LogP contribution >= 0.6 is 11.3 Å². The van der Waals surface area contributed by atoms with Gasteiger partial charge in [0.1, 0.15) is 5.01 Å². The summed E-state index contributed by atoms with van der Waals surface area (Å²) < 4.78 is 1.22. The van der Waals surface area contributed by atoms with Crippen LogP contribution in [0.15, 0.2) is 54.6 Å². The van der Waals surface area contributed by atoms with Crippen LogP contribution in [-0.4, -0.2) is 52.8 Å². The third-order valence-electron chi connectivity index (χ3n) is 5.03. The van der Waals surface area contributed by atoms with E-state index in [9.17, 15) is 9.59 Å². The summed E-state index contributed by atoms with van der Waals surface area (Å²) in [5.74, 6) is -0.0729. The molecule has 0 aliphatic carbocycles. The van der Waals surface area contributed by atoms with Crippen LogP contribution in [0.25, 0.3) is 16.3 Å². The fraction of sp³-hybridized carbons (Fsp3) is 0.261. The van der Waals surface area contributed by atoms with Gasteiger partial charge in [-0.1, -0.05) is 24.3 Å². The largest absolute Gasteiger partial charge is 0.337 e. The second kappa shape index (κ2) is 9.19. The molecule has 7 heteroatoms. The van der Waals surface area contributed by atoms with E-state index in [4.69, 9.17) is 4.98 Å². The maximum Gasteiger partial charge on any atom is 0.246 e. The lowest BCUT2D eigenvalue weighted by Crippen LogP contribution is -2.47. The highest BCUT2D eigenvalue weighted by molar-refractivity contribution is 7.18. The van der Waals surface area contributed by atoms with Gasteiger partial charge in [-0.15, -0.1) is 11.3 Å². The molecule has 2 heterocycles. The van der Waals surface area contributed by atoms with Gasteiger partial charge in [-0.05, 0) is 35.9 Å². The number of carbonyl (C=O) groups excluding carboxylic acids is 2. The molecule has 30 heavy (non-hydrogen) atoms. The third kappa shape index (κ3) is 5.11. The second-order valence-electron chi connectivity index (χ2n) is 7.31. The van der Waals surface area contributed by atoms with Crippen molar-refractivity contribution in [1.29, 1.82) is 0 Å². The standard InChI is InChI=1S/C23H24N4O2S/c1-17(28)24-19-9-6-18(7-10-19)8-11-23(29)27-14-12-26(13-15-27)16-22-25-20-4-2-3-5-21(20)30-22/h2-11H,12-16H2,1H3,(H,24,28)/b11-8+. The Morgan fingerprint density at radius 3 is 2.50 bits per heavy atom. The minimum atomic E-state index is -0.101. The number of fused-ring (bicyclic) bond motifs is 1. The number of para-hydroxylation sites is 1. The number of anilines is 1. The zero-order chi connectivity index (χ0) is 20.9. The summed E-state index contributed by atoms with van der Waals surface area (Å²) in [4.78, 5) is 32.5. The van der Waals surface area contributed by atoms with E-state index in [-0.39, 0.29) is 11.8 Å². The van der Waals surface area contributed by atoms with Crippen LogP contribution < -0.4 is 5.32 Å². The predicted molar refractivity (Wildman–Crippen MR) is 121 cm³/mol. The van der Waals surface area contributed by atoms with E-state index >= 15 is 0 Å². The molecule has 0 unspecified atom stereocenters. The van der Waals surface area contributed by atoms with Crippen LogP contribution in [0, 0.1) is 0 Å². The van der Waals surface area contributed by atoms with Crippen molar-refractivity contribution in [2.75, 3.05) is 31.5 Å². The first-order valence-electron chi connectivity index (χ1n) is 9.98. The molecule has 3 aromatic rings. The first-order valence-corrected chi connectivity index (χ1v) is 10.8. The van der Waals surface area contributed by atoms with Crippen molar-refractivity contribution in [3.05, 3.63) is 65.2 Å². The summed E-state index contributed by atoms with van der Waals surface area (Å²) in [6.07, 6.45) is 3.43. The number of hydrogen-bond acceptors (Lipinski definition) is 5. The van der Waals surface area contributed by atoms with E-state index in [1.807, 2.05) is 53.4 Å². The average Bonchev–Trinajstić information content (AvgIpc) is 3.15. The molecule has 6 nitrogen and oxygen atoms in total. The number of nitrogens with one attached hydrogen (secondary N) is 1. The summed E-state index contributed by atoms with van der Waals surface area (Å²) >= 11 is 1.74. The maximum absolute atomic E-state index is 12.5. The Balaban J connectivity index is 1.27. The van der Waals surface area contributed by atoms with Gasteiger partial charge < -0.3 is 10.2 Å². The Bertz CT molecular complexity index is 1030. The highest BCUT2D eigenvalue weighted by Crippen LogP contribution is 2.23. The molecule has 1 fully saturated rings. The van der Waals surface area contributed by atoms with Crippen LogP contribution in [-0.2, 0) is 16.1 Å². The van der Waals surface area contributed by atoms with Crippen molar-refractivity contribution in [3.8, 4) is 0 Å². The molecule has 2 aromatic carbocycles. The van der Waals surface area contributed by atoms with Gasteiger partial charge in [0.05, 0.1) is 16.8 Å². The number of carbonyl (C=O) groups is 2. The summed E-state index contributed by atoms with van der Waals surface area (Å²) in [5.41, 5.74) is 2.73. The molecule has 1 N–H and O–H groups in total. The molecule has 0 saturated carbocycles. The first-order chi connectivity index (χ1) is 14.6. The molecule has 0 bridgehead atoms. The molecule has 154 valence electrons. The highest BCUT2D eigenvalue weighted by atomic mass is 32.1. The molecule has 1 aliphatic rings. The second-order valence-corrected chi connectivity index (χ2v) is 8.43. The molecule has 4 rings (SSSR count). The number of thiazole rings is 1. The number of aromatic nitrogens is 1. The Morgan fingerprint density at radius 2 is 1.80 bits per heavy atom. The summed E-state index contributed by atoms with van der Waals surface area (Å²) in [6, 6.07) is 15.6. The SMILES string of the molecule is CC(=O)Nc1ccc(/C=C/C(=O)N2CCN(Cc3nc4ccccc4s3)CC2)cc1. The van der Waals surface area contributed by atoms with Gasteiger partial charge in [-0.2, -0.15) is 0 Å². The van der Waals surface area contributed by atoms with Crippen LogP contribution in [0.4, 0.5) is 5.69 Å². The molecule has 0 atom stereocenters. The number of benzene rings is 2.